The molecule has 246 valence electrons. The maximum absolute atomic E-state index is 11.9. The molecular formula is C37H68O5. The third-order valence-corrected chi connectivity index (χ3v) is 7.67. The quantitative estimate of drug-likeness (QED) is 0.0478. The molecule has 1 N–H and O–H groups in total. The van der Waals surface area contributed by atoms with Crippen molar-refractivity contribution in [3.8, 4) is 0 Å². The van der Waals surface area contributed by atoms with Gasteiger partial charge < -0.3 is 14.6 Å². The zero-order valence-corrected chi connectivity index (χ0v) is 27.8. The number of rotatable bonds is 32. The minimum atomic E-state index is -1.04. The molecule has 5 heteroatoms. The summed E-state index contributed by atoms with van der Waals surface area (Å²) < 4.78 is 10.5. The Morgan fingerprint density at radius 3 is 1.26 bits per heavy atom. The zero-order chi connectivity index (χ0) is 30.8. The lowest BCUT2D eigenvalue weighted by molar-refractivity contribution is -0.149. The van der Waals surface area contributed by atoms with Crippen LogP contribution >= 0.6 is 0 Å². The second kappa shape index (κ2) is 33.9. The highest BCUT2D eigenvalue weighted by Crippen LogP contribution is 2.13. The number of hydrogen-bond donors (Lipinski definition) is 1. The summed E-state index contributed by atoms with van der Waals surface area (Å²) in [5.74, 6) is -0.890. The lowest BCUT2D eigenvalue weighted by atomic mass is 10.0. The first-order chi connectivity index (χ1) is 20.6. The SMILES string of the molecule is CCCCC/C=C/C/C=C/CCCCCCCOC(=O)C[C@@H](O)CC(=O)OCCCCCCCCCCCCCCC. The Hall–Kier alpha value is -1.62. The average molecular weight is 593 g/mol. The molecule has 0 amide bonds. The molecule has 0 aliphatic rings. The van der Waals surface area contributed by atoms with Gasteiger partial charge in [-0.15, -0.1) is 0 Å². The predicted octanol–water partition coefficient (Wildman–Crippen LogP) is 10.7. The van der Waals surface area contributed by atoms with Gasteiger partial charge in [-0.3, -0.25) is 9.59 Å². The van der Waals surface area contributed by atoms with Gasteiger partial charge in [-0.2, -0.15) is 0 Å². The van der Waals surface area contributed by atoms with E-state index in [1.807, 2.05) is 0 Å². The third kappa shape index (κ3) is 32.9. The van der Waals surface area contributed by atoms with Crippen molar-refractivity contribution in [2.24, 2.45) is 0 Å². The van der Waals surface area contributed by atoms with E-state index in [1.165, 1.54) is 109 Å². The first-order valence-corrected chi connectivity index (χ1v) is 17.9. The fraction of sp³-hybridized carbons (Fsp3) is 0.838. The highest BCUT2D eigenvalue weighted by atomic mass is 16.5. The van der Waals surface area contributed by atoms with E-state index in [-0.39, 0.29) is 12.8 Å². The number of esters is 2. The minimum Gasteiger partial charge on any atom is -0.466 e. The summed E-state index contributed by atoms with van der Waals surface area (Å²) in [6.07, 6.45) is 37.0. The van der Waals surface area contributed by atoms with Crippen molar-refractivity contribution in [3.63, 3.8) is 0 Å². The number of ether oxygens (including phenoxy) is 2. The highest BCUT2D eigenvalue weighted by Gasteiger charge is 2.16. The van der Waals surface area contributed by atoms with Gasteiger partial charge in [0.2, 0.25) is 0 Å². The summed E-state index contributed by atoms with van der Waals surface area (Å²) in [6, 6.07) is 0. The standard InChI is InChI=1S/C37H68O5/c1-3-5-7-9-11-13-15-17-18-20-22-24-26-28-30-32-42-37(40)34-35(38)33-36(39)41-31-29-27-25-23-21-19-16-14-12-10-8-6-4-2/h11,13,17-18,35,38H,3-10,12,14-16,19-34H2,1-2H3/b13-11+,18-17+/t35-/m0/s1. The van der Waals surface area contributed by atoms with Crippen molar-refractivity contribution in [3.05, 3.63) is 24.3 Å². The van der Waals surface area contributed by atoms with Gasteiger partial charge in [0.1, 0.15) is 0 Å². The van der Waals surface area contributed by atoms with Gasteiger partial charge in [0.15, 0.2) is 0 Å². The van der Waals surface area contributed by atoms with Crippen LogP contribution in [0.3, 0.4) is 0 Å². The molecule has 0 saturated heterocycles. The molecule has 5 nitrogen and oxygen atoms in total. The van der Waals surface area contributed by atoms with Gasteiger partial charge in [0.05, 0.1) is 32.2 Å². The minimum absolute atomic E-state index is 0.156. The number of allylic oxidation sites excluding steroid dienone is 4. The van der Waals surface area contributed by atoms with E-state index in [2.05, 4.69) is 38.2 Å². The van der Waals surface area contributed by atoms with Gasteiger partial charge in [-0.05, 0) is 44.9 Å². The van der Waals surface area contributed by atoms with Crippen LogP contribution in [-0.4, -0.2) is 36.4 Å². The van der Waals surface area contributed by atoms with Crippen molar-refractivity contribution in [2.45, 2.75) is 187 Å². The summed E-state index contributed by atoms with van der Waals surface area (Å²) in [7, 11) is 0. The molecule has 0 aromatic carbocycles. The van der Waals surface area contributed by atoms with E-state index in [0.29, 0.717) is 13.2 Å². The molecule has 0 heterocycles. The van der Waals surface area contributed by atoms with Gasteiger partial charge in [0.25, 0.3) is 0 Å². The van der Waals surface area contributed by atoms with Crippen LogP contribution in [0.2, 0.25) is 0 Å². The molecule has 0 aromatic rings. The normalized spacial score (nSPS) is 12.4. The lowest BCUT2D eigenvalue weighted by Crippen LogP contribution is -2.21. The maximum atomic E-state index is 11.9. The Kier molecular flexibility index (Phi) is 32.6. The topological polar surface area (TPSA) is 72.8 Å². The van der Waals surface area contributed by atoms with Gasteiger partial charge in [0, 0.05) is 0 Å². The van der Waals surface area contributed by atoms with Crippen LogP contribution in [0.1, 0.15) is 181 Å². The second-order valence-corrected chi connectivity index (χ2v) is 12.0. The molecule has 0 spiro atoms. The van der Waals surface area contributed by atoms with Crippen molar-refractivity contribution in [2.75, 3.05) is 13.2 Å². The van der Waals surface area contributed by atoms with Crippen molar-refractivity contribution >= 4 is 11.9 Å². The molecule has 0 radical (unpaired) electrons. The monoisotopic (exact) mass is 593 g/mol. The van der Waals surface area contributed by atoms with Crippen LogP contribution in [0, 0.1) is 0 Å². The first kappa shape index (κ1) is 40.4. The Labute approximate surface area is 260 Å². The number of hydrogen-bond acceptors (Lipinski definition) is 5. The van der Waals surface area contributed by atoms with Crippen LogP contribution in [0.4, 0.5) is 0 Å². The molecule has 0 saturated carbocycles. The molecule has 0 bridgehead atoms. The number of aliphatic hydroxyl groups is 1. The maximum Gasteiger partial charge on any atom is 0.308 e. The largest absolute Gasteiger partial charge is 0.466 e. The molecule has 0 unspecified atom stereocenters. The van der Waals surface area contributed by atoms with E-state index in [0.717, 1.165) is 44.9 Å². The van der Waals surface area contributed by atoms with Crippen LogP contribution in [0.15, 0.2) is 24.3 Å². The molecule has 0 aliphatic heterocycles. The Balaban J connectivity index is 3.46. The lowest BCUT2D eigenvalue weighted by Gasteiger charge is -2.10. The van der Waals surface area contributed by atoms with Crippen LogP contribution in [0.5, 0.6) is 0 Å². The summed E-state index contributed by atoms with van der Waals surface area (Å²) in [4.78, 5) is 23.9. The number of carbonyl (C=O) groups is 2. The van der Waals surface area contributed by atoms with Gasteiger partial charge >= 0.3 is 11.9 Å². The van der Waals surface area contributed by atoms with Crippen molar-refractivity contribution in [1.29, 1.82) is 0 Å². The molecule has 0 aliphatic carbocycles. The zero-order valence-electron chi connectivity index (χ0n) is 27.8. The molecule has 0 aromatic heterocycles. The Morgan fingerprint density at radius 1 is 0.500 bits per heavy atom. The van der Waals surface area contributed by atoms with Gasteiger partial charge in [-0.1, -0.05) is 147 Å². The molecule has 1 atom stereocenters. The molecule has 42 heavy (non-hydrogen) atoms. The van der Waals surface area contributed by atoms with E-state index < -0.39 is 18.0 Å². The average Bonchev–Trinajstić information content (AvgIpc) is 2.97. The predicted molar refractivity (Wildman–Crippen MR) is 178 cm³/mol. The Morgan fingerprint density at radius 2 is 0.833 bits per heavy atom. The fourth-order valence-electron chi connectivity index (χ4n) is 4.98. The van der Waals surface area contributed by atoms with E-state index >= 15 is 0 Å². The smallest absolute Gasteiger partial charge is 0.308 e. The summed E-state index contributed by atoms with van der Waals surface area (Å²) in [5, 5.41) is 10.0. The molecule has 0 fully saturated rings. The van der Waals surface area contributed by atoms with Crippen LogP contribution < -0.4 is 0 Å². The van der Waals surface area contributed by atoms with Gasteiger partial charge in [-0.25, -0.2) is 0 Å². The number of carbonyl (C=O) groups excluding carboxylic acids is 2. The molecular weight excluding hydrogens is 524 g/mol. The highest BCUT2D eigenvalue weighted by molar-refractivity contribution is 5.73. The Bertz CT molecular complexity index is 642. The summed E-state index contributed by atoms with van der Waals surface area (Å²) in [6.45, 7) is 5.26. The first-order valence-electron chi connectivity index (χ1n) is 17.9. The number of aliphatic hydroxyl groups excluding tert-OH is 1. The van der Waals surface area contributed by atoms with Crippen LogP contribution in [0.25, 0.3) is 0 Å². The third-order valence-electron chi connectivity index (χ3n) is 7.67. The van der Waals surface area contributed by atoms with Crippen molar-refractivity contribution < 1.29 is 24.2 Å². The van der Waals surface area contributed by atoms with E-state index in [4.69, 9.17) is 9.47 Å². The summed E-state index contributed by atoms with van der Waals surface area (Å²) >= 11 is 0. The fourth-order valence-corrected chi connectivity index (χ4v) is 4.98. The number of unbranched alkanes of at least 4 members (excludes halogenated alkanes) is 20. The van der Waals surface area contributed by atoms with E-state index in [9.17, 15) is 14.7 Å². The van der Waals surface area contributed by atoms with Crippen molar-refractivity contribution in [1.82, 2.24) is 0 Å². The van der Waals surface area contributed by atoms with E-state index in [1.54, 1.807) is 0 Å². The summed E-state index contributed by atoms with van der Waals surface area (Å²) in [5.41, 5.74) is 0. The molecule has 0 rings (SSSR count). The van der Waals surface area contributed by atoms with Crippen LogP contribution in [-0.2, 0) is 19.1 Å². The second-order valence-electron chi connectivity index (χ2n) is 12.0.